The topological polar surface area (TPSA) is 96.8 Å². The second-order valence-corrected chi connectivity index (χ2v) is 11.9. The first-order valence-corrected chi connectivity index (χ1v) is 17.6. The van der Waals surface area contributed by atoms with Crippen molar-refractivity contribution in [3.63, 3.8) is 0 Å². The molecule has 50 heavy (non-hydrogen) atoms. The number of carbonyl (C=O) groups is 2. The maximum atomic E-state index is 11.8. The zero-order valence-corrected chi connectivity index (χ0v) is 29.3. The molecule has 0 amide bonds. The minimum atomic E-state index is -0.413. The summed E-state index contributed by atoms with van der Waals surface area (Å²) < 4.78 is 22.3. The molecule has 1 aromatic heterocycles. The highest BCUT2D eigenvalue weighted by molar-refractivity contribution is 5.70. The summed E-state index contributed by atoms with van der Waals surface area (Å²) in [4.78, 5) is 32.8. The van der Waals surface area contributed by atoms with Gasteiger partial charge in [-0.3, -0.25) is 9.59 Å². The zero-order valence-electron chi connectivity index (χ0n) is 29.3. The van der Waals surface area contributed by atoms with Crippen molar-refractivity contribution in [1.29, 1.82) is 0 Å². The van der Waals surface area contributed by atoms with Gasteiger partial charge in [-0.2, -0.15) is 0 Å². The lowest BCUT2D eigenvalue weighted by Gasteiger charge is -2.09. The fourth-order valence-corrected chi connectivity index (χ4v) is 5.06. The van der Waals surface area contributed by atoms with E-state index in [4.69, 9.17) is 18.9 Å². The largest absolute Gasteiger partial charge is 0.494 e. The first-order valence-electron chi connectivity index (χ1n) is 17.6. The second-order valence-electron chi connectivity index (χ2n) is 11.9. The molecular weight excluding hydrogens is 628 g/mol. The van der Waals surface area contributed by atoms with E-state index in [9.17, 15) is 9.59 Å². The Morgan fingerprint density at radius 3 is 1.32 bits per heavy atom. The van der Waals surface area contributed by atoms with Crippen LogP contribution in [0.2, 0.25) is 0 Å². The summed E-state index contributed by atoms with van der Waals surface area (Å²) in [6, 6.07) is 15.8. The van der Waals surface area contributed by atoms with E-state index < -0.39 is 12.2 Å². The maximum absolute atomic E-state index is 11.8. The minimum absolute atomic E-state index is 0.210. The summed E-state index contributed by atoms with van der Waals surface area (Å²) in [5.74, 6) is 1.88. The van der Waals surface area contributed by atoms with Gasteiger partial charge in [0, 0.05) is 36.4 Å². The number of carbonyl (C=O) groups excluding carboxylic acids is 2. The molecule has 0 N–H and O–H groups in total. The van der Waals surface area contributed by atoms with Gasteiger partial charge in [-0.05, 0) is 91.9 Å². The number of hydrogen-bond acceptors (Lipinski definition) is 8. The van der Waals surface area contributed by atoms with Crippen LogP contribution in [0.1, 0.15) is 77.0 Å². The third-order valence-corrected chi connectivity index (χ3v) is 8.00. The summed E-state index contributed by atoms with van der Waals surface area (Å²) in [5, 5.41) is 0. The highest BCUT2D eigenvalue weighted by Crippen LogP contribution is 2.24. The Bertz CT molecular complexity index is 1340. The third kappa shape index (κ3) is 15.1. The van der Waals surface area contributed by atoms with Crippen molar-refractivity contribution in [1.82, 2.24) is 9.97 Å². The van der Waals surface area contributed by atoms with Crippen LogP contribution in [0.4, 0.5) is 0 Å². The van der Waals surface area contributed by atoms with Crippen molar-refractivity contribution in [2.75, 3.05) is 13.2 Å². The highest BCUT2D eigenvalue weighted by atomic mass is 16.5. The number of hydrogen-bond donors (Lipinski definition) is 0. The van der Waals surface area contributed by atoms with Crippen molar-refractivity contribution < 1.29 is 28.5 Å². The van der Waals surface area contributed by atoms with Gasteiger partial charge in [-0.25, -0.2) is 9.97 Å². The normalized spacial score (nSPS) is 10.8. The Labute approximate surface area is 297 Å². The molecule has 266 valence electrons. The number of unbranched alkanes of at least 4 members (excludes halogenated alkanes) is 8. The van der Waals surface area contributed by atoms with Crippen LogP contribution in [-0.4, -0.2) is 47.3 Å². The van der Waals surface area contributed by atoms with E-state index in [1.165, 1.54) is 0 Å². The molecule has 0 bridgehead atoms. The molecule has 1 heterocycles. The van der Waals surface area contributed by atoms with Gasteiger partial charge in [0.2, 0.25) is 0 Å². The van der Waals surface area contributed by atoms with E-state index in [0.717, 1.165) is 92.4 Å². The summed E-state index contributed by atoms with van der Waals surface area (Å²) in [5.41, 5.74) is 2.88. The molecule has 0 aliphatic carbocycles. The number of benzene rings is 2. The van der Waals surface area contributed by atoms with Crippen LogP contribution in [0.25, 0.3) is 22.5 Å². The van der Waals surface area contributed by atoms with Crippen LogP contribution in [0.3, 0.4) is 0 Å². The molecule has 0 spiro atoms. The van der Waals surface area contributed by atoms with Gasteiger partial charge in [0.1, 0.15) is 23.7 Å². The molecule has 0 aliphatic heterocycles. The monoisotopic (exact) mass is 680 g/mol. The van der Waals surface area contributed by atoms with Crippen molar-refractivity contribution in [3.05, 3.63) is 112 Å². The molecule has 8 heteroatoms. The van der Waals surface area contributed by atoms with Gasteiger partial charge in [-0.1, -0.05) is 77.0 Å². The second kappa shape index (κ2) is 23.4. The lowest BCUT2D eigenvalue weighted by atomic mass is 10.1. The van der Waals surface area contributed by atoms with E-state index >= 15 is 0 Å². The van der Waals surface area contributed by atoms with Crippen LogP contribution in [0, 0.1) is 0 Å². The van der Waals surface area contributed by atoms with Crippen LogP contribution >= 0.6 is 0 Å². The molecule has 8 nitrogen and oxygen atoms in total. The number of rotatable bonds is 26. The predicted molar refractivity (Wildman–Crippen MR) is 200 cm³/mol. The fourth-order valence-electron chi connectivity index (χ4n) is 5.06. The van der Waals surface area contributed by atoms with Crippen LogP contribution in [0.15, 0.2) is 112 Å². The van der Waals surface area contributed by atoms with Gasteiger partial charge >= 0.3 is 11.9 Å². The Kier molecular flexibility index (Phi) is 18.5. The van der Waals surface area contributed by atoms with Crippen molar-refractivity contribution in [2.45, 2.75) is 89.3 Å². The van der Waals surface area contributed by atoms with E-state index in [2.05, 4.69) is 36.3 Å². The molecule has 0 saturated carbocycles. The predicted octanol–water partition coefficient (Wildman–Crippen LogP) is 9.82. The highest BCUT2D eigenvalue weighted by Gasteiger charge is 2.09. The molecule has 0 fully saturated rings. The maximum Gasteiger partial charge on any atom is 0.306 e. The summed E-state index contributed by atoms with van der Waals surface area (Å²) >= 11 is 0. The molecule has 3 aromatic rings. The molecule has 0 atom stereocenters. The number of ether oxygens (including phenoxy) is 4. The third-order valence-electron chi connectivity index (χ3n) is 8.00. The van der Waals surface area contributed by atoms with Gasteiger partial charge in [0.05, 0.1) is 13.2 Å². The smallest absolute Gasteiger partial charge is 0.306 e. The molecule has 0 unspecified atom stereocenters. The number of esters is 2. The molecule has 0 saturated heterocycles. The minimum Gasteiger partial charge on any atom is -0.494 e. The van der Waals surface area contributed by atoms with Crippen LogP contribution < -0.4 is 9.47 Å². The Morgan fingerprint density at radius 1 is 0.520 bits per heavy atom. The molecule has 0 aliphatic rings. The Hall–Kier alpha value is -4.98. The summed E-state index contributed by atoms with van der Waals surface area (Å²) in [6.45, 7) is 15.8. The van der Waals surface area contributed by atoms with Gasteiger partial charge in [0.15, 0.2) is 5.82 Å². The Morgan fingerprint density at radius 2 is 0.900 bits per heavy atom. The first-order chi connectivity index (χ1) is 24.4. The van der Waals surface area contributed by atoms with Gasteiger partial charge in [-0.15, -0.1) is 0 Å². The van der Waals surface area contributed by atoms with Crippen molar-refractivity contribution in [3.8, 4) is 34.0 Å². The lowest BCUT2D eigenvalue weighted by Crippen LogP contribution is -2.12. The van der Waals surface area contributed by atoms with Crippen molar-refractivity contribution in [2.24, 2.45) is 0 Å². The van der Waals surface area contributed by atoms with E-state index in [0.29, 0.717) is 31.9 Å². The molecule has 0 radical (unpaired) electrons. The molecule has 3 rings (SSSR count). The number of aromatic nitrogens is 2. The summed E-state index contributed by atoms with van der Waals surface area (Å²) in [6.07, 6.45) is 19.6. The van der Waals surface area contributed by atoms with E-state index in [-0.39, 0.29) is 11.9 Å². The standard InChI is InChI=1S/C42H52N2O6/c1-5-36(6-2)49-40(45)19-15-11-9-13-17-29-47-38-25-21-33(22-26-38)35-31-43-42(44-32-35)34-23-27-39(28-24-34)48-30-18-14-10-12-16-20-41(46)50-37(7-3)8-4/h5-8,21-28,31-32,36-37H,1-4,9-20,29-30H2. The zero-order chi connectivity index (χ0) is 35.8. The first kappa shape index (κ1) is 39.5. The average molecular weight is 681 g/mol. The average Bonchev–Trinajstić information content (AvgIpc) is 3.15. The lowest BCUT2D eigenvalue weighted by molar-refractivity contribution is -0.146. The van der Waals surface area contributed by atoms with E-state index in [1.807, 2.05) is 60.9 Å². The number of nitrogens with zero attached hydrogens (tertiary/aromatic N) is 2. The summed E-state index contributed by atoms with van der Waals surface area (Å²) in [7, 11) is 0. The molecule has 2 aromatic carbocycles. The SMILES string of the molecule is C=CC(C=C)OC(=O)CCCCCCCOc1ccc(-c2cnc(-c3ccc(OCCCCCCCC(=O)OC(C=C)C=C)cc3)nc2)cc1. The van der Waals surface area contributed by atoms with E-state index in [1.54, 1.807) is 24.3 Å². The fraction of sp³-hybridized carbons (Fsp3) is 0.381. The van der Waals surface area contributed by atoms with Crippen LogP contribution in [0.5, 0.6) is 11.5 Å². The Balaban J connectivity index is 1.27. The van der Waals surface area contributed by atoms with Gasteiger partial charge < -0.3 is 18.9 Å². The van der Waals surface area contributed by atoms with Crippen LogP contribution in [-0.2, 0) is 19.1 Å². The van der Waals surface area contributed by atoms with Gasteiger partial charge in [0.25, 0.3) is 0 Å². The van der Waals surface area contributed by atoms with Crippen molar-refractivity contribution >= 4 is 11.9 Å². The molecular formula is C42H52N2O6. The quantitative estimate of drug-likeness (QED) is 0.0470.